The van der Waals surface area contributed by atoms with Crippen LogP contribution in [-0.2, 0) is 4.79 Å². The maximum Gasteiger partial charge on any atom is 0.307 e. The molecule has 0 amide bonds. The molecule has 3 N–H and O–H groups in total. The highest BCUT2D eigenvalue weighted by Gasteiger charge is 2.21. The van der Waals surface area contributed by atoms with Gasteiger partial charge in [-0.25, -0.2) is 0 Å². The van der Waals surface area contributed by atoms with Gasteiger partial charge in [-0.2, -0.15) is 0 Å². The van der Waals surface area contributed by atoms with Crippen LogP contribution in [0.2, 0.25) is 0 Å². The Labute approximate surface area is 91.1 Å². The Hall–Kier alpha value is -0.650. The van der Waals surface area contributed by atoms with Gasteiger partial charge in [0.05, 0.1) is 11.5 Å². The molecule has 5 nitrogen and oxygen atoms in total. The SMILES string of the molecule is CC(CNCC(C)(O)CN(C)C)C(=O)O. The van der Waals surface area contributed by atoms with E-state index in [-0.39, 0.29) is 0 Å². The Morgan fingerprint density at radius 2 is 2.07 bits per heavy atom. The molecule has 0 fully saturated rings. The number of carbonyl (C=O) groups is 1. The highest BCUT2D eigenvalue weighted by atomic mass is 16.4. The lowest BCUT2D eigenvalue weighted by atomic mass is 10.1. The quantitative estimate of drug-likeness (QED) is 0.543. The molecule has 2 unspecified atom stereocenters. The largest absolute Gasteiger partial charge is 0.481 e. The van der Waals surface area contributed by atoms with Crippen LogP contribution in [0.4, 0.5) is 0 Å². The molecule has 0 aromatic carbocycles. The van der Waals surface area contributed by atoms with Gasteiger partial charge in [0.15, 0.2) is 0 Å². The van der Waals surface area contributed by atoms with Crippen molar-refractivity contribution in [3.05, 3.63) is 0 Å². The molecule has 90 valence electrons. The van der Waals surface area contributed by atoms with Gasteiger partial charge in [-0.1, -0.05) is 6.92 Å². The molecule has 0 aliphatic heterocycles. The molecular weight excluding hydrogens is 196 g/mol. The number of hydrogen-bond donors (Lipinski definition) is 3. The summed E-state index contributed by atoms with van der Waals surface area (Å²) in [5, 5.41) is 21.5. The molecule has 5 heteroatoms. The summed E-state index contributed by atoms with van der Waals surface area (Å²) in [5.41, 5.74) is -0.832. The van der Waals surface area contributed by atoms with Crippen LogP contribution < -0.4 is 5.32 Å². The second kappa shape index (κ2) is 6.05. The summed E-state index contributed by atoms with van der Waals surface area (Å²) in [6, 6.07) is 0. The van der Waals surface area contributed by atoms with Crippen LogP contribution in [0.5, 0.6) is 0 Å². The molecule has 2 atom stereocenters. The van der Waals surface area contributed by atoms with E-state index in [0.717, 1.165) is 0 Å². The second-order valence-electron chi connectivity index (χ2n) is 4.60. The lowest BCUT2D eigenvalue weighted by molar-refractivity contribution is -0.141. The molecule has 0 rings (SSSR count). The minimum Gasteiger partial charge on any atom is -0.481 e. The van der Waals surface area contributed by atoms with Gasteiger partial charge in [0.25, 0.3) is 0 Å². The van der Waals surface area contributed by atoms with Crippen molar-refractivity contribution >= 4 is 5.97 Å². The molecule has 0 bridgehead atoms. The fourth-order valence-corrected chi connectivity index (χ4v) is 1.38. The number of likely N-dealkylation sites (N-methyl/N-ethyl adjacent to an activating group) is 1. The minimum absolute atomic E-state index is 0.374. The fraction of sp³-hybridized carbons (Fsp3) is 0.900. The maximum atomic E-state index is 10.5. The first-order chi connectivity index (χ1) is 6.74. The van der Waals surface area contributed by atoms with Gasteiger partial charge in [-0.05, 0) is 21.0 Å². The third-order valence-electron chi connectivity index (χ3n) is 2.03. The number of aliphatic carboxylic acids is 1. The minimum atomic E-state index is -0.832. The standard InChI is InChI=1S/C10H22N2O3/c1-8(9(13)14)5-11-6-10(2,15)7-12(3)4/h8,11,15H,5-7H2,1-4H3,(H,13,14). The predicted octanol–water partition coefficient (Wildman–Crippen LogP) is -0.391. The molecule has 0 saturated heterocycles. The Morgan fingerprint density at radius 3 is 2.47 bits per heavy atom. The van der Waals surface area contributed by atoms with Gasteiger partial charge in [-0.3, -0.25) is 4.79 Å². The summed E-state index contributed by atoms with van der Waals surface area (Å²) in [4.78, 5) is 12.4. The zero-order valence-electron chi connectivity index (χ0n) is 9.95. The van der Waals surface area contributed by atoms with Gasteiger partial charge in [-0.15, -0.1) is 0 Å². The zero-order valence-corrected chi connectivity index (χ0v) is 9.95. The van der Waals surface area contributed by atoms with Crippen molar-refractivity contribution in [3.8, 4) is 0 Å². The Balaban J connectivity index is 3.79. The molecule has 15 heavy (non-hydrogen) atoms. The fourth-order valence-electron chi connectivity index (χ4n) is 1.38. The third-order valence-corrected chi connectivity index (χ3v) is 2.03. The summed E-state index contributed by atoms with van der Waals surface area (Å²) in [5.74, 6) is -1.25. The third kappa shape index (κ3) is 7.30. The van der Waals surface area contributed by atoms with E-state index in [1.54, 1.807) is 13.8 Å². The summed E-state index contributed by atoms with van der Waals surface area (Å²) >= 11 is 0. The molecular formula is C10H22N2O3. The Kier molecular flexibility index (Phi) is 5.79. The van der Waals surface area contributed by atoms with E-state index in [2.05, 4.69) is 5.32 Å². The first-order valence-corrected chi connectivity index (χ1v) is 5.05. The number of hydrogen-bond acceptors (Lipinski definition) is 4. The number of nitrogens with one attached hydrogen (secondary N) is 1. The highest BCUT2D eigenvalue weighted by Crippen LogP contribution is 2.03. The topological polar surface area (TPSA) is 72.8 Å². The molecule has 0 aromatic rings. The van der Waals surface area contributed by atoms with Crippen molar-refractivity contribution in [1.29, 1.82) is 0 Å². The van der Waals surface area contributed by atoms with Crippen molar-refractivity contribution in [2.75, 3.05) is 33.7 Å². The lowest BCUT2D eigenvalue weighted by Crippen LogP contribution is -2.46. The first kappa shape index (κ1) is 14.3. The zero-order chi connectivity index (χ0) is 12.1. The average molecular weight is 218 g/mol. The molecule has 0 spiro atoms. The Morgan fingerprint density at radius 1 is 1.53 bits per heavy atom. The van der Waals surface area contributed by atoms with Gasteiger partial charge < -0.3 is 20.4 Å². The van der Waals surface area contributed by atoms with Gasteiger partial charge in [0.1, 0.15) is 0 Å². The van der Waals surface area contributed by atoms with E-state index < -0.39 is 17.5 Å². The lowest BCUT2D eigenvalue weighted by Gasteiger charge is -2.27. The molecule has 0 aromatic heterocycles. The van der Waals surface area contributed by atoms with Crippen molar-refractivity contribution in [2.24, 2.45) is 5.92 Å². The summed E-state index contributed by atoms with van der Waals surface area (Å²) in [7, 11) is 3.77. The van der Waals surface area contributed by atoms with Crippen LogP contribution in [0.15, 0.2) is 0 Å². The van der Waals surface area contributed by atoms with E-state index in [4.69, 9.17) is 5.11 Å². The van der Waals surface area contributed by atoms with Crippen LogP contribution in [0.3, 0.4) is 0 Å². The molecule has 0 aliphatic rings. The van der Waals surface area contributed by atoms with Gasteiger partial charge >= 0.3 is 5.97 Å². The van der Waals surface area contributed by atoms with E-state index in [0.29, 0.717) is 19.6 Å². The number of rotatable bonds is 7. The van der Waals surface area contributed by atoms with E-state index in [9.17, 15) is 9.90 Å². The predicted molar refractivity (Wildman–Crippen MR) is 58.8 cm³/mol. The monoisotopic (exact) mass is 218 g/mol. The maximum absolute atomic E-state index is 10.5. The number of carboxylic acid groups (broad SMARTS) is 1. The molecule has 0 aliphatic carbocycles. The summed E-state index contributed by atoms with van der Waals surface area (Å²) in [6.45, 7) is 4.67. The van der Waals surface area contributed by atoms with Crippen molar-refractivity contribution < 1.29 is 15.0 Å². The van der Waals surface area contributed by atoms with E-state index in [1.165, 1.54) is 0 Å². The van der Waals surface area contributed by atoms with Crippen molar-refractivity contribution in [3.63, 3.8) is 0 Å². The average Bonchev–Trinajstić information content (AvgIpc) is 2.00. The Bertz CT molecular complexity index is 205. The van der Waals surface area contributed by atoms with Crippen LogP contribution >= 0.6 is 0 Å². The second-order valence-corrected chi connectivity index (χ2v) is 4.60. The van der Waals surface area contributed by atoms with Crippen molar-refractivity contribution in [1.82, 2.24) is 10.2 Å². The van der Waals surface area contributed by atoms with Crippen LogP contribution in [0, 0.1) is 5.92 Å². The number of aliphatic hydroxyl groups is 1. The van der Waals surface area contributed by atoms with Crippen LogP contribution in [0.25, 0.3) is 0 Å². The number of nitrogens with zero attached hydrogens (tertiary/aromatic N) is 1. The molecule has 0 radical (unpaired) electrons. The van der Waals surface area contributed by atoms with Gasteiger partial charge in [0, 0.05) is 19.6 Å². The smallest absolute Gasteiger partial charge is 0.307 e. The normalized spacial score (nSPS) is 17.5. The number of carboxylic acids is 1. The van der Waals surface area contributed by atoms with Crippen LogP contribution in [-0.4, -0.2) is 60.4 Å². The molecule has 0 saturated carbocycles. The van der Waals surface area contributed by atoms with Crippen LogP contribution in [0.1, 0.15) is 13.8 Å². The first-order valence-electron chi connectivity index (χ1n) is 5.05. The van der Waals surface area contributed by atoms with Crippen molar-refractivity contribution in [2.45, 2.75) is 19.4 Å². The van der Waals surface area contributed by atoms with E-state index >= 15 is 0 Å². The summed E-state index contributed by atoms with van der Waals surface area (Å²) in [6.07, 6.45) is 0. The highest BCUT2D eigenvalue weighted by molar-refractivity contribution is 5.69. The molecule has 0 heterocycles. The van der Waals surface area contributed by atoms with Gasteiger partial charge in [0.2, 0.25) is 0 Å². The van der Waals surface area contributed by atoms with E-state index in [1.807, 2.05) is 19.0 Å². The summed E-state index contributed by atoms with van der Waals surface area (Å²) < 4.78 is 0.